The molecule has 0 saturated heterocycles. The Hall–Kier alpha value is -4.14. The van der Waals surface area contributed by atoms with E-state index in [4.69, 9.17) is 18.4 Å². The van der Waals surface area contributed by atoms with Crippen molar-refractivity contribution in [2.45, 2.75) is 13.0 Å². The summed E-state index contributed by atoms with van der Waals surface area (Å²) in [4.78, 5) is 28.3. The first kappa shape index (κ1) is 19.8. The van der Waals surface area contributed by atoms with Gasteiger partial charge in [-0.1, -0.05) is 5.16 Å². The molecule has 0 unspecified atom stereocenters. The van der Waals surface area contributed by atoms with Crippen molar-refractivity contribution in [3.05, 3.63) is 81.2 Å². The number of hydrogen-bond acceptors (Lipinski definition) is 7. The highest BCUT2D eigenvalue weighted by molar-refractivity contribution is 6.10. The predicted molar refractivity (Wildman–Crippen MR) is 112 cm³/mol. The van der Waals surface area contributed by atoms with Crippen LogP contribution in [0.2, 0.25) is 0 Å². The molecule has 32 heavy (non-hydrogen) atoms. The zero-order valence-corrected chi connectivity index (χ0v) is 17.3. The Balaban J connectivity index is 1.86. The Morgan fingerprint density at radius 3 is 2.56 bits per heavy atom. The summed E-state index contributed by atoms with van der Waals surface area (Å²) in [6, 6.07) is 9.23. The van der Waals surface area contributed by atoms with Gasteiger partial charge in [-0.2, -0.15) is 0 Å². The van der Waals surface area contributed by atoms with E-state index in [0.717, 1.165) is 6.07 Å². The van der Waals surface area contributed by atoms with Crippen LogP contribution in [0.4, 0.5) is 10.2 Å². The fraction of sp³-hybridized carbons (Fsp3) is 0.174. The number of ether oxygens (including phenoxy) is 2. The molecule has 3 heterocycles. The maximum absolute atomic E-state index is 13.9. The van der Waals surface area contributed by atoms with E-state index in [1.165, 1.54) is 31.3 Å². The van der Waals surface area contributed by atoms with Crippen molar-refractivity contribution >= 4 is 22.7 Å². The van der Waals surface area contributed by atoms with E-state index in [2.05, 4.69) is 5.16 Å². The Kier molecular flexibility index (Phi) is 4.47. The Morgan fingerprint density at radius 1 is 1.06 bits per heavy atom. The lowest BCUT2D eigenvalue weighted by Gasteiger charge is -2.24. The zero-order valence-electron chi connectivity index (χ0n) is 17.3. The SMILES string of the molecule is COc1ccc(OC)c([C@H]2c3c(oc4ccc(F)cc4c3=O)C(=O)N2c2cc(C)on2)c1. The summed E-state index contributed by atoms with van der Waals surface area (Å²) in [5.74, 6) is 0.273. The number of rotatable bonds is 4. The van der Waals surface area contributed by atoms with Gasteiger partial charge in [-0.05, 0) is 43.3 Å². The molecule has 2 aromatic carbocycles. The molecular weight excluding hydrogens is 419 g/mol. The normalized spacial score (nSPS) is 15.3. The molecule has 1 aliphatic heterocycles. The molecule has 0 bridgehead atoms. The molecule has 0 aliphatic carbocycles. The number of carbonyl (C=O) groups is 1. The third kappa shape index (κ3) is 2.85. The molecule has 1 amide bonds. The fourth-order valence-electron chi connectivity index (χ4n) is 4.00. The summed E-state index contributed by atoms with van der Waals surface area (Å²) in [5.41, 5.74) is 0.118. The van der Waals surface area contributed by atoms with Gasteiger partial charge in [0, 0.05) is 11.6 Å². The molecule has 0 fully saturated rings. The van der Waals surface area contributed by atoms with Gasteiger partial charge < -0.3 is 18.4 Å². The largest absolute Gasteiger partial charge is 0.497 e. The molecule has 0 spiro atoms. The van der Waals surface area contributed by atoms with E-state index in [9.17, 15) is 14.0 Å². The van der Waals surface area contributed by atoms with Gasteiger partial charge in [0.05, 0.1) is 25.2 Å². The lowest BCUT2D eigenvalue weighted by Crippen LogP contribution is -2.30. The first-order valence-corrected chi connectivity index (χ1v) is 9.68. The lowest BCUT2D eigenvalue weighted by molar-refractivity contribution is 0.0969. The van der Waals surface area contributed by atoms with E-state index in [1.807, 2.05) is 0 Å². The van der Waals surface area contributed by atoms with Crippen LogP contribution < -0.4 is 19.8 Å². The van der Waals surface area contributed by atoms with Gasteiger partial charge in [-0.25, -0.2) is 4.39 Å². The Labute approximate surface area is 180 Å². The van der Waals surface area contributed by atoms with Crippen molar-refractivity contribution in [1.29, 1.82) is 0 Å². The number of hydrogen-bond donors (Lipinski definition) is 0. The first-order valence-electron chi connectivity index (χ1n) is 9.68. The Morgan fingerprint density at radius 2 is 1.88 bits per heavy atom. The van der Waals surface area contributed by atoms with Crippen LogP contribution in [0.1, 0.15) is 33.5 Å². The molecule has 5 rings (SSSR count). The number of carbonyl (C=O) groups excluding carboxylic acids is 1. The monoisotopic (exact) mass is 436 g/mol. The van der Waals surface area contributed by atoms with Crippen LogP contribution in [-0.2, 0) is 0 Å². The van der Waals surface area contributed by atoms with Crippen LogP contribution in [-0.4, -0.2) is 25.3 Å². The summed E-state index contributed by atoms with van der Waals surface area (Å²) in [6.07, 6.45) is 0. The minimum absolute atomic E-state index is 0.0293. The van der Waals surface area contributed by atoms with Crippen molar-refractivity contribution < 1.29 is 27.6 Å². The minimum atomic E-state index is -0.962. The van der Waals surface area contributed by atoms with Crippen molar-refractivity contribution in [3.8, 4) is 11.5 Å². The molecule has 9 heteroatoms. The molecule has 2 aromatic heterocycles. The van der Waals surface area contributed by atoms with Gasteiger partial charge in [-0.15, -0.1) is 0 Å². The van der Waals surface area contributed by atoms with Crippen LogP contribution in [0.25, 0.3) is 11.0 Å². The van der Waals surface area contributed by atoms with Crippen molar-refractivity contribution in [3.63, 3.8) is 0 Å². The molecule has 1 atom stereocenters. The average molecular weight is 436 g/mol. The second-order valence-corrected chi connectivity index (χ2v) is 7.30. The highest BCUT2D eigenvalue weighted by Gasteiger charge is 2.46. The standard InChI is InChI=1S/C23H17FN2O6/c1-11-8-18(25-32-11)26-20(14-10-13(29-2)5-7-16(14)30-3)19-21(27)15-9-12(24)4-6-17(15)31-22(19)23(26)28/h4-10,20H,1-3H3/t20-/m0/s1. The van der Waals surface area contributed by atoms with Gasteiger partial charge in [0.25, 0.3) is 5.91 Å². The molecule has 0 radical (unpaired) electrons. The van der Waals surface area contributed by atoms with Crippen molar-refractivity contribution in [1.82, 2.24) is 5.16 Å². The third-order valence-corrected chi connectivity index (χ3v) is 5.43. The quantitative estimate of drug-likeness (QED) is 0.477. The highest BCUT2D eigenvalue weighted by atomic mass is 19.1. The summed E-state index contributed by atoms with van der Waals surface area (Å²) < 4.78 is 35.7. The molecule has 0 N–H and O–H groups in total. The number of fused-ring (bicyclic) bond motifs is 2. The highest BCUT2D eigenvalue weighted by Crippen LogP contribution is 2.44. The number of halogens is 1. The molecule has 4 aromatic rings. The first-order chi connectivity index (χ1) is 15.4. The summed E-state index contributed by atoms with van der Waals surface area (Å²) >= 11 is 0. The molecular formula is C23H17FN2O6. The number of nitrogens with zero attached hydrogens (tertiary/aromatic N) is 2. The zero-order chi connectivity index (χ0) is 22.6. The number of anilines is 1. The van der Waals surface area contributed by atoms with Gasteiger partial charge in [0.15, 0.2) is 11.2 Å². The van der Waals surface area contributed by atoms with Crippen LogP contribution in [0.3, 0.4) is 0 Å². The lowest BCUT2D eigenvalue weighted by atomic mass is 9.97. The summed E-state index contributed by atoms with van der Waals surface area (Å²) in [7, 11) is 2.98. The van der Waals surface area contributed by atoms with E-state index < -0.39 is 23.2 Å². The van der Waals surface area contributed by atoms with Crippen molar-refractivity contribution in [2.24, 2.45) is 0 Å². The molecule has 8 nitrogen and oxygen atoms in total. The number of aryl methyl sites for hydroxylation is 1. The average Bonchev–Trinajstić information content (AvgIpc) is 3.34. The van der Waals surface area contributed by atoms with Gasteiger partial charge in [0.2, 0.25) is 5.76 Å². The summed E-state index contributed by atoms with van der Waals surface area (Å²) in [6.45, 7) is 1.69. The fourth-order valence-corrected chi connectivity index (χ4v) is 4.00. The second kappa shape index (κ2) is 7.23. The smallest absolute Gasteiger partial charge is 0.296 e. The van der Waals surface area contributed by atoms with Crippen LogP contribution in [0.5, 0.6) is 11.5 Å². The van der Waals surface area contributed by atoms with Crippen LogP contribution >= 0.6 is 0 Å². The molecule has 162 valence electrons. The third-order valence-electron chi connectivity index (χ3n) is 5.43. The van der Waals surface area contributed by atoms with Gasteiger partial charge in [-0.3, -0.25) is 14.5 Å². The number of aromatic nitrogens is 1. The predicted octanol–water partition coefficient (Wildman–Crippen LogP) is 4.00. The van der Waals surface area contributed by atoms with Gasteiger partial charge in [0.1, 0.15) is 34.7 Å². The van der Waals surface area contributed by atoms with E-state index in [1.54, 1.807) is 31.2 Å². The number of benzene rings is 2. The maximum Gasteiger partial charge on any atom is 0.296 e. The second-order valence-electron chi connectivity index (χ2n) is 7.30. The molecule has 0 saturated carbocycles. The van der Waals surface area contributed by atoms with Crippen LogP contribution in [0.15, 0.2) is 56.2 Å². The van der Waals surface area contributed by atoms with E-state index >= 15 is 0 Å². The van der Waals surface area contributed by atoms with E-state index in [0.29, 0.717) is 22.8 Å². The van der Waals surface area contributed by atoms with Crippen LogP contribution in [0, 0.1) is 12.7 Å². The maximum atomic E-state index is 13.9. The van der Waals surface area contributed by atoms with Gasteiger partial charge >= 0.3 is 0 Å². The number of methoxy groups -OCH3 is 2. The number of amides is 1. The Bertz CT molecular complexity index is 1440. The van der Waals surface area contributed by atoms with Crippen molar-refractivity contribution in [2.75, 3.05) is 19.1 Å². The summed E-state index contributed by atoms with van der Waals surface area (Å²) in [5, 5.41) is 4.00. The van der Waals surface area contributed by atoms with E-state index in [-0.39, 0.29) is 28.1 Å². The topological polar surface area (TPSA) is 95.0 Å². The minimum Gasteiger partial charge on any atom is -0.497 e. The molecule has 1 aliphatic rings.